The number of phenolic OH excluding ortho intramolecular Hbond substituents is 3. The molecule has 1 heterocycles. The van der Waals surface area contributed by atoms with E-state index in [0.29, 0.717) is 5.56 Å². The highest BCUT2D eigenvalue weighted by Crippen LogP contribution is 2.36. The minimum Gasteiger partial charge on any atom is -0.504 e. The van der Waals surface area contributed by atoms with Crippen LogP contribution in [0, 0.1) is 0 Å². The van der Waals surface area contributed by atoms with Crippen LogP contribution in [0.1, 0.15) is 15.9 Å². The van der Waals surface area contributed by atoms with Gasteiger partial charge in [0.15, 0.2) is 23.4 Å². The number of benzene rings is 2. The van der Waals surface area contributed by atoms with Gasteiger partial charge in [0, 0.05) is 6.08 Å². The maximum Gasteiger partial charge on any atom is 0.340 e. The fourth-order valence-corrected chi connectivity index (χ4v) is 3.07. The SMILES string of the molecule is O=C(/C=C/c1ccccc1)O[C@H]1[C@H](OC(=O)c2cc(O)c(O)c(O)c2)O[C@H](CO)[C@@H](O)[C@@H]1O. The predicted molar refractivity (Wildman–Crippen MR) is 110 cm³/mol. The van der Waals surface area contributed by atoms with Crippen molar-refractivity contribution in [2.24, 2.45) is 0 Å². The van der Waals surface area contributed by atoms with Crippen LogP contribution in [0.4, 0.5) is 0 Å². The monoisotopic (exact) mass is 462 g/mol. The van der Waals surface area contributed by atoms with Crippen molar-refractivity contribution in [2.45, 2.75) is 30.7 Å². The molecule has 1 aliphatic rings. The Morgan fingerprint density at radius 2 is 1.61 bits per heavy atom. The van der Waals surface area contributed by atoms with E-state index < -0.39 is 72.1 Å². The van der Waals surface area contributed by atoms with Gasteiger partial charge in [-0.2, -0.15) is 0 Å². The lowest BCUT2D eigenvalue weighted by atomic mass is 9.99. The first-order valence-electron chi connectivity index (χ1n) is 9.73. The molecule has 33 heavy (non-hydrogen) atoms. The van der Waals surface area contributed by atoms with Gasteiger partial charge in [-0.3, -0.25) is 0 Å². The zero-order valence-electron chi connectivity index (χ0n) is 17.0. The molecule has 2 aromatic carbocycles. The molecule has 176 valence electrons. The lowest BCUT2D eigenvalue weighted by Crippen LogP contribution is -2.60. The van der Waals surface area contributed by atoms with Gasteiger partial charge in [0.25, 0.3) is 0 Å². The van der Waals surface area contributed by atoms with Crippen molar-refractivity contribution in [3.05, 3.63) is 59.7 Å². The highest BCUT2D eigenvalue weighted by Gasteiger charge is 2.48. The lowest BCUT2D eigenvalue weighted by Gasteiger charge is -2.40. The molecule has 5 atom stereocenters. The number of ether oxygens (including phenoxy) is 3. The second kappa shape index (κ2) is 10.3. The standard InChI is InChI=1S/C22H22O11/c23-10-15-18(28)19(29)20(32-16(26)7-6-11-4-2-1-3-5-11)22(31-15)33-21(30)12-8-13(24)17(27)14(25)9-12/h1-9,15,18-20,22-25,27-29H,10H2/b7-6+/t15-,18-,19+,20-,22+/m1/s1. The molecular weight excluding hydrogens is 440 g/mol. The Hall–Kier alpha value is -3.64. The van der Waals surface area contributed by atoms with Crippen LogP contribution in [0.15, 0.2) is 48.5 Å². The van der Waals surface area contributed by atoms with Gasteiger partial charge < -0.3 is 44.8 Å². The van der Waals surface area contributed by atoms with Crippen LogP contribution in [0.25, 0.3) is 6.08 Å². The van der Waals surface area contributed by atoms with Gasteiger partial charge in [-0.25, -0.2) is 9.59 Å². The first-order valence-corrected chi connectivity index (χ1v) is 9.73. The van der Waals surface area contributed by atoms with Gasteiger partial charge in [0.05, 0.1) is 12.2 Å². The van der Waals surface area contributed by atoms with Crippen LogP contribution in [-0.2, 0) is 19.0 Å². The van der Waals surface area contributed by atoms with E-state index >= 15 is 0 Å². The first-order chi connectivity index (χ1) is 15.7. The molecule has 0 unspecified atom stereocenters. The summed E-state index contributed by atoms with van der Waals surface area (Å²) in [5.41, 5.74) is 0.284. The zero-order valence-corrected chi connectivity index (χ0v) is 17.0. The van der Waals surface area contributed by atoms with Gasteiger partial charge in [-0.15, -0.1) is 0 Å². The number of rotatable bonds is 6. The third-order valence-corrected chi connectivity index (χ3v) is 4.82. The van der Waals surface area contributed by atoms with Crippen molar-refractivity contribution >= 4 is 18.0 Å². The molecule has 0 bridgehead atoms. The molecule has 6 N–H and O–H groups in total. The molecule has 0 amide bonds. The number of aromatic hydroxyl groups is 3. The molecule has 0 aromatic heterocycles. The normalized spacial score (nSPS) is 25.0. The molecule has 2 aromatic rings. The van der Waals surface area contributed by atoms with Gasteiger partial charge in [0.2, 0.25) is 6.29 Å². The Labute approximate surface area is 187 Å². The summed E-state index contributed by atoms with van der Waals surface area (Å²) in [6, 6.07) is 10.4. The van der Waals surface area contributed by atoms with E-state index in [0.717, 1.165) is 18.2 Å². The van der Waals surface area contributed by atoms with E-state index in [1.54, 1.807) is 30.3 Å². The fraction of sp³-hybridized carbons (Fsp3) is 0.273. The van der Waals surface area contributed by atoms with Crippen LogP contribution < -0.4 is 0 Å². The predicted octanol–water partition coefficient (Wildman–Crippen LogP) is 0.0244. The second-order valence-corrected chi connectivity index (χ2v) is 7.12. The summed E-state index contributed by atoms with van der Waals surface area (Å²) >= 11 is 0. The van der Waals surface area contributed by atoms with Crippen molar-refractivity contribution in [3.63, 3.8) is 0 Å². The van der Waals surface area contributed by atoms with Crippen molar-refractivity contribution in [1.82, 2.24) is 0 Å². The molecule has 11 heteroatoms. The van der Waals surface area contributed by atoms with E-state index in [2.05, 4.69) is 0 Å². The third-order valence-electron chi connectivity index (χ3n) is 4.82. The minimum absolute atomic E-state index is 0.401. The summed E-state index contributed by atoms with van der Waals surface area (Å²) in [6.07, 6.45) is -5.77. The number of hydrogen-bond donors (Lipinski definition) is 6. The van der Waals surface area contributed by atoms with Crippen LogP contribution in [0.3, 0.4) is 0 Å². The van der Waals surface area contributed by atoms with Gasteiger partial charge in [-0.1, -0.05) is 30.3 Å². The van der Waals surface area contributed by atoms with Crippen molar-refractivity contribution in [3.8, 4) is 17.2 Å². The topological polar surface area (TPSA) is 183 Å². The van der Waals surface area contributed by atoms with E-state index in [1.807, 2.05) is 0 Å². The Kier molecular flexibility index (Phi) is 7.51. The number of aliphatic hydroxyl groups excluding tert-OH is 3. The maximum absolute atomic E-state index is 12.5. The molecular formula is C22H22O11. The minimum atomic E-state index is -1.79. The van der Waals surface area contributed by atoms with Crippen molar-refractivity contribution in [2.75, 3.05) is 6.61 Å². The van der Waals surface area contributed by atoms with Crippen LogP contribution in [-0.4, -0.2) is 79.9 Å². The van der Waals surface area contributed by atoms with Gasteiger partial charge in [-0.05, 0) is 23.8 Å². The molecule has 3 rings (SSSR count). The Bertz CT molecular complexity index is 997. The molecule has 0 aliphatic carbocycles. The summed E-state index contributed by atoms with van der Waals surface area (Å²) in [6.45, 7) is -0.748. The molecule has 11 nitrogen and oxygen atoms in total. The Balaban J connectivity index is 1.79. The number of carbonyl (C=O) groups excluding carboxylic acids is 2. The summed E-state index contributed by atoms with van der Waals surface area (Å²) in [5, 5.41) is 58.5. The number of carbonyl (C=O) groups is 2. The maximum atomic E-state index is 12.5. The third kappa shape index (κ3) is 5.59. The fourth-order valence-electron chi connectivity index (χ4n) is 3.07. The van der Waals surface area contributed by atoms with Crippen molar-refractivity contribution < 1.29 is 54.4 Å². The molecule has 1 aliphatic heterocycles. The summed E-state index contributed by atoms with van der Waals surface area (Å²) in [5.74, 6) is -4.58. The average molecular weight is 462 g/mol. The van der Waals surface area contributed by atoms with Crippen LogP contribution in [0.2, 0.25) is 0 Å². The highest BCUT2D eigenvalue weighted by atomic mass is 16.7. The van der Waals surface area contributed by atoms with E-state index in [4.69, 9.17) is 14.2 Å². The summed E-state index contributed by atoms with van der Waals surface area (Å²) in [4.78, 5) is 24.8. The van der Waals surface area contributed by atoms with Gasteiger partial charge >= 0.3 is 11.9 Å². The van der Waals surface area contributed by atoms with E-state index in [-0.39, 0.29) is 0 Å². The Morgan fingerprint density at radius 3 is 2.21 bits per heavy atom. The number of esters is 2. The number of aliphatic hydroxyl groups is 3. The second-order valence-electron chi connectivity index (χ2n) is 7.12. The number of phenols is 3. The largest absolute Gasteiger partial charge is 0.504 e. The lowest BCUT2D eigenvalue weighted by molar-refractivity contribution is -0.288. The number of hydrogen-bond acceptors (Lipinski definition) is 11. The molecule has 0 spiro atoms. The van der Waals surface area contributed by atoms with Crippen molar-refractivity contribution in [1.29, 1.82) is 0 Å². The molecule has 0 radical (unpaired) electrons. The summed E-state index contributed by atoms with van der Waals surface area (Å²) < 4.78 is 15.5. The Morgan fingerprint density at radius 1 is 0.970 bits per heavy atom. The van der Waals surface area contributed by atoms with E-state index in [9.17, 15) is 40.2 Å². The average Bonchev–Trinajstić information content (AvgIpc) is 2.81. The summed E-state index contributed by atoms with van der Waals surface area (Å²) in [7, 11) is 0. The highest BCUT2D eigenvalue weighted by molar-refractivity contribution is 5.91. The molecule has 0 saturated carbocycles. The van der Waals surface area contributed by atoms with E-state index in [1.165, 1.54) is 6.08 Å². The smallest absolute Gasteiger partial charge is 0.340 e. The quantitative estimate of drug-likeness (QED) is 0.193. The van der Waals surface area contributed by atoms with Gasteiger partial charge in [0.1, 0.15) is 18.3 Å². The first kappa shape index (κ1) is 24.0. The zero-order chi connectivity index (χ0) is 24.1. The van der Waals surface area contributed by atoms with Crippen LogP contribution in [0.5, 0.6) is 17.2 Å². The van der Waals surface area contributed by atoms with Crippen LogP contribution >= 0.6 is 0 Å². The molecule has 1 saturated heterocycles. The molecule has 1 fully saturated rings.